The lowest BCUT2D eigenvalue weighted by Gasteiger charge is -2.35. The quantitative estimate of drug-likeness (QED) is 0.339. The molecule has 3 heterocycles. The van der Waals surface area contributed by atoms with Gasteiger partial charge in [-0.15, -0.1) is 0 Å². The van der Waals surface area contributed by atoms with Gasteiger partial charge in [-0.25, -0.2) is 0 Å². The summed E-state index contributed by atoms with van der Waals surface area (Å²) in [5, 5.41) is 3.44. The van der Waals surface area contributed by atoms with E-state index in [0.717, 1.165) is 97.3 Å². The summed E-state index contributed by atoms with van der Waals surface area (Å²) in [5.74, 6) is 1.03. The number of hydrogen-bond donors (Lipinski definition) is 1. The minimum absolute atomic E-state index is 0.308. The molecule has 2 unspecified atom stereocenters. The smallest absolute Gasteiger partial charge is 0.193 e. The van der Waals surface area contributed by atoms with Crippen molar-refractivity contribution in [3.05, 3.63) is 0 Å². The van der Waals surface area contributed by atoms with Crippen molar-refractivity contribution in [2.75, 3.05) is 59.2 Å². The monoisotopic (exact) mass is 411 g/mol. The van der Waals surface area contributed by atoms with Crippen molar-refractivity contribution in [1.82, 2.24) is 10.2 Å². The number of hydrogen-bond acceptors (Lipinski definition) is 5. The summed E-state index contributed by atoms with van der Waals surface area (Å²) in [6, 6.07) is 0. The summed E-state index contributed by atoms with van der Waals surface area (Å²) in [7, 11) is 0. The minimum Gasteiger partial charge on any atom is -0.379 e. The van der Waals surface area contributed by atoms with E-state index in [1.54, 1.807) is 0 Å². The molecule has 1 N–H and O–H groups in total. The van der Waals surface area contributed by atoms with E-state index in [0.29, 0.717) is 18.3 Å². The first-order valence-electron chi connectivity index (χ1n) is 11.8. The average Bonchev–Trinajstić information content (AvgIpc) is 3.29. The third kappa shape index (κ3) is 8.40. The fraction of sp³-hybridized carbons (Fsp3) is 0.955. The van der Waals surface area contributed by atoms with Crippen LogP contribution in [0.5, 0.6) is 0 Å². The van der Waals surface area contributed by atoms with Gasteiger partial charge in [-0.1, -0.05) is 0 Å². The largest absolute Gasteiger partial charge is 0.379 e. The van der Waals surface area contributed by atoms with Crippen LogP contribution in [0.15, 0.2) is 4.99 Å². The number of rotatable bonds is 10. The van der Waals surface area contributed by atoms with Gasteiger partial charge in [0, 0.05) is 46.0 Å². The van der Waals surface area contributed by atoms with Crippen LogP contribution in [0.2, 0.25) is 0 Å². The van der Waals surface area contributed by atoms with Crippen molar-refractivity contribution in [1.29, 1.82) is 0 Å². The number of piperidine rings is 1. The van der Waals surface area contributed by atoms with Gasteiger partial charge in [0.1, 0.15) is 0 Å². The molecule has 3 aliphatic rings. The fourth-order valence-electron chi connectivity index (χ4n) is 4.18. The molecular weight excluding hydrogens is 370 g/mol. The van der Waals surface area contributed by atoms with Crippen molar-refractivity contribution >= 4 is 5.96 Å². The van der Waals surface area contributed by atoms with Gasteiger partial charge in [0.2, 0.25) is 0 Å². The van der Waals surface area contributed by atoms with Crippen molar-refractivity contribution in [3.63, 3.8) is 0 Å². The SMILES string of the molecule is CCNC(=NCCCOCC1CCCO1)N1CCC(OCC2CCCCO2)CC1. The summed E-state index contributed by atoms with van der Waals surface area (Å²) in [6.07, 6.45) is 9.95. The second-order valence-electron chi connectivity index (χ2n) is 8.31. The lowest BCUT2D eigenvalue weighted by Crippen LogP contribution is -2.47. The van der Waals surface area contributed by atoms with Crippen LogP contribution in [0.4, 0.5) is 0 Å². The van der Waals surface area contributed by atoms with Gasteiger partial charge < -0.3 is 29.2 Å². The van der Waals surface area contributed by atoms with Gasteiger partial charge in [-0.05, 0) is 58.3 Å². The van der Waals surface area contributed by atoms with Gasteiger partial charge >= 0.3 is 0 Å². The molecule has 0 saturated carbocycles. The van der Waals surface area contributed by atoms with Crippen LogP contribution in [0, 0.1) is 0 Å². The highest BCUT2D eigenvalue weighted by molar-refractivity contribution is 5.80. The van der Waals surface area contributed by atoms with Gasteiger partial charge in [-0.3, -0.25) is 4.99 Å². The van der Waals surface area contributed by atoms with E-state index in [4.69, 9.17) is 23.9 Å². The number of likely N-dealkylation sites (tertiary alicyclic amines) is 1. The molecule has 3 fully saturated rings. The molecule has 0 bridgehead atoms. The zero-order chi connectivity index (χ0) is 20.2. The molecule has 0 aromatic rings. The Morgan fingerprint density at radius 1 is 1.00 bits per heavy atom. The van der Waals surface area contributed by atoms with Crippen LogP contribution in [0.25, 0.3) is 0 Å². The molecule has 7 heteroatoms. The molecule has 0 aliphatic carbocycles. The van der Waals surface area contributed by atoms with Crippen LogP contribution >= 0.6 is 0 Å². The molecule has 0 aromatic carbocycles. The van der Waals surface area contributed by atoms with Crippen LogP contribution in [0.3, 0.4) is 0 Å². The van der Waals surface area contributed by atoms with Crippen LogP contribution in [-0.2, 0) is 18.9 Å². The zero-order valence-corrected chi connectivity index (χ0v) is 18.3. The number of nitrogens with one attached hydrogen (secondary N) is 1. The molecular formula is C22H41N3O4. The van der Waals surface area contributed by atoms with E-state index < -0.39 is 0 Å². The Balaban J connectivity index is 1.29. The lowest BCUT2D eigenvalue weighted by molar-refractivity contribution is -0.0721. The molecule has 0 radical (unpaired) electrons. The maximum Gasteiger partial charge on any atom is 0.193 e. The number of guanidine groups is 1. The molecule has 168 valence electrons. The Kier molecular flexibility index (Phi) is 10.5. The molecule has 0 amide bonds. The molecule has 29 heavy (non-hydrogen) atoms. The van der Waals surface area contributed by atoms with Gasteiger partial charge in [-0.2, -0.15) is 0 Å². The Bertz CT molecular complexity index is 457. The van der Waals surface area contributed by atoms with E-state index in [2.05, 4.69) is 17.1 Å². The topological polar surface area (TPSA) is 64.6 Å². The molecule has 3 rings (SSSR count). The van der Waals surface area contributed by atoms with Crippen molar-refractivity contribution in [2.45, 2.75) is 76.6 Å². The van der Waals surface area contributed by atoms with E-state index in [1.807, 2.05) is 0 Å². The zero-order valence-electron chi connectivity index (χ0n) is 18.3. The van der Waals surface area contributed by atoms with E-state index in [-0.39, 0.29) is 0 Å². The second-order valence-corrected chi connectivity index (χ2v) is 8.31. The van der Waals surface area contributed by atoms with Crippen LogP contribution in [-0.4, -0.2) is 88.4 Å². The molecule has 3 saturated heterocycles. The first-order chi connectivity index (χ1) is 14.3. The molecule has 0 aromatic heterocycles. The Hall–Kier alpha value is -0.890. The molecule has 2 atom stereocenters. The summed E-state index contributed by atoms with van der Waals surface area (Å²) < 4.78 is 23.2. The summed E-state index contributed by atoms with van der Waals surface area (Å²) in [4.78, 5) is 7.18. The fourth-order valence-corrected chi connectivity index (χ4v) is 4.18. The third-order valence-corrected chi connectivity index (χ3v) is 5.90. The van der Waals surface area contributed by atoms with Gasteiger partial charge in [0.15, 0.2) is 5.96 Å². The molecule has 7 nitrogen and oxygen atoms in total. The molecule has 0 spiro atoms. The van der Waals surface area contributed by atoms with Crippen molar-refractivity contribution in [2.24, 2.45) is 4.99 Å². The van der Waals surface area contributed by atoms with Gasteiger partial charge in [0.25, 0.3) is 0 Å². The maximum absolute atomic E-state index is 6.14. The lowest BCUT2D eigenvalue weighted by atomic mass is 10.1. The predicted molar refractivity (Wildman–Crippen MR) is 115 cm³/mol. The van der Waals surface area contributed by atoms with Crippen molar-refractivity contribution in [3.8, 4) is 0 Å². The maximum atomic E-state index is 6.14. The highest BCUT2D eigenvalue weighted by Gasteiger charge is 2.23. The van der Waals surface area contributed by atoms with Gasteiger partial charge in [0.05, 0.1) is 31.5 Å². The second kappa shape index (κ2) is 13.4. The summed E-state index contributed by atoms with van der Waals surface area (Å²) in [5.41, 5.74) is 0. The van der Waals surface area contributed by atoms with E-state index >= 15 is 0 Å². The molecule has 3 aliphatic heterocycles. The van der Waals surface area contributed by atoms with Crippen molar-refractivity contribution < 1.29 is 18.9 Å². The number of aliphatic imine (C=N–C) groups is 1. The van der Waals surface area contributed by atoms with Crippen LogP contribution in [0.1, 0.15) is 58.3 Å². The predicted octanol–water partition coefficient (Wildman–Crippen LogP) is 2.59. The Morgan fingerprint density at radius 2 is 1.76 bits per heavy atom. The summed E-state index contributed by atoms with van der Waals surface area (Å²) >= 11 is 0. The van der Waals surface area contributed by atoms with E-state index in [1.165, 1.54) is 19.3 Å². The first-order valence-corrected chi connectivity index (χ1v) is 11.8. The Labute approximate surface area is 176 Å². The number of ether oxygens (including phenoxy) is 4. The summed E-state index contributed by atoms with van der Waals surface area (Å²) in [6.45, 7) is 9.83. The first kappa shape index (κ1) is 22.8. The normalized spacial score (nSPS) is 26.8. The minimum atomic E-state index is 0.308. The van der Waals surface area contributed by atoms with E-state index in [9.17, 15) is 0 Å². The Morgan fingerprint density at radius 3 is 2.48 bits per heavy atom. The van der Waals surface area contributed by atoms with Crippen LogP contribution < -0.4 is 5.32 Å². The highest BCUT2D eigenvalue weighted by atomic mass is 16.5. The average molecular weight is 412 g/mol. The standard InChI is InChI=1S/C22H41N3O4/c1-2-23-22(24-11-6-14-26-17-20-8-5-16-28-20)25-12-9-19(10-13-25)29-18-21-7-3-4-15-27-21/h19-21H,2-18H2,1H3,(H,23,24). The number of nitrogens with zero attached hydrogens (tertiary/aromatic N) is 2. The highest BCUT2D eigenvalue weighted by Crippen LogP contribution is 2.18. The third-order valence-electron chi connectivity index (χ3n) is 5.90.